The summed E-state index contributed by atoms with van der Waals surface area (Å²) in [6.07, 6.45) is 1.01. The number of fused-ring (bicyclic) bond motifs is 5. The average Bonchev–Trinajstić information content (AvgIpc) is 2.72. The minimum atomic E-state index is -1.60. The van der Waals surface area contributed by atoms with Crippen LogP contribution in [0.3, 0.4) is 0 Å². The van der Waals surface area contributed by atoms with Crippen molar-refractivity contribution >= 4 is 46.4 Å². The highest BCUT2D eigenvalue weighted by Crippen LogP contribution is 2.75. The molecule has 3 rings (SSSR count). The standard InChI is InChI=1S/C13H14Cl4O4/c1-20-13(21-2)11(16)7-5(18)3-4-6(19)8(7)12(13,17)10(15)9(11)14/h3-8,18-19H,1-2H3. The molecule has 21 heavy (non-hydrogen) atoms. The molecule has 4 nitrogen and oxygen atoms in total. The quantitative estimate of drug-likeness (QED) is 0.441. The van der Waals surface area contributed by atoms with E-state index in [1.54, 1.807) is 0 Å². The number of aliphatic hydroxyl groups is 2. The van der Waals surface area contributed by atoms with Crippen LogP contribution in [0.2, 0.25) is 0 Å². The minimum absolute atomic E-state index is 0.0762. The molecule has 8 heteroatoms. The Morgan fingerprint density at radius 1 is 0.905 bits per heavy atom. The molecule has 1 fully saturated rings. The SMILES string of the molecule is COC1(OC)C2(Cl)C(Cl)=C(Cl)C1(Cl)C1C(O)C=CC(O)C12. The topological polar surface area (TPSA) is 58.9 Å². The van der Waals surface area contributed by atoms with Crippen LogP contribution in [-0.4, -0.2) is 52.2 Å². The smallest absolute Gasteiger partial charge is 0.217 e. The molecule has 2 N–H and O–H groups in total. The summed E-state index contributed by atoms with van der Waals surface area (Å²) < 4.78 is 11.0. The first kappa shape index (κ1) is 16.3. The number of aliphatic hydroxyl groups excluding tert-OH is 2. The average molecular weight is 376 g/mol. The molecule has 6 atom stereocenters. The fourth-order valence-corrected chi connectivity index (χ4v) is 6.41. The highest BCUT2D eigenvalue weighted by molar-refractivity contribution is 6.52. The number of rotatable bonds is 2. The summed E-state index contributed by atoms with van der Waals surface area (Å²) in [6.45, 7) is 0. The second kappa shape index (κ2) is 4.74. The maximum Gasteiger partial charge on any atom is 0.217 e. The first-order valence-corrected chi connectivity index (χ1v) is 7.84. The van der Waals surface area contributed by atoms with Crippen LogP contribution in [0, 0.1) is 11.8 Å². The fourth-order valence-electron chi connectivity index (χ4n) is 4.14. The molecule has 0 aromatic carbocycles. The first-order chi connectivity index (χ1) is 9.74. The van der Waals surface area contributed by atoms with Crippen LogP contribution in [-0.2, 0) is 9.47 Å². The highest BCUT2D eigenvalue weighted by atomic mass is 35.5. The summed E-state index contributed by atoms with van der Waals surface area (Å²) in [7, 11) is 2.75. The Morgan fingerprint density at radius 3 is 1.52 bits per heavy atom. The molecule has 3 aliphatic rings. The third kappa shape index (κ3) is 1.45. The van der Waals surface area contributed by atoms with Crippen LogP contribution in [0.25, 0.3) is 0 Å². The Bertz CT molecular complexity index is 504. The van der Waals surface area contributed by atoms with Crippen LogP contribution >= 0.6 is 46.4 Å². The number of alkyl halides is 2. The van der Waals surface area contributed by atoms with Gasteiger partial charge < -0.3 is 19.7 Å². The molecule has 0 amide bonds. The number of ether oxygens (including phenoxy) is 2. The van der Waals surface area contributed by atoms with E-state index in [0.717, 1.165) is 0 Å². The van der Waals surface area contributed by atoms with Gasteiger partial charge in [-0.15, -0.1) is 23.2 Å². The van der Waals surface area contributed by atoms with E-state index in [2.05, 4.69) is 0 Å². The Balaban J connectivity index is 2.34. The van der Waals surface area contributed by atoms with Crippen LogP contribution in [0.5, 0.6) is 0 Å². The maximum absolute atomic E-state index is 10.3. The van der Waals surface area contributed by atoms with Gasteiger partial charge in [-0.3, -0.25) is 0 Å². The monoisotopic (exact) mass is 374 g/mol. The summed E-state index contributed by atoms with van der Waals surface area (Å²) in [5.74, 6) is -3.00. The van der Waals surface area contributed by atoms with E-state index in [1.807, 2.05) is 0 Å². The van der Waals surface area contributed by atoms with Gasteiger partial charge in [-0.05, 0) is 0 Å². The number of methoxy groups -OCH3 is 2. The number of halogens is 4. The Labute approximate surface area is 142 Å². The third-order valence-corrected chi connectivity index (χ3v) is 7.56. The summed E-state index contributed by atoms with van der Waals surface area (Å²) in [5.41, 5.74) is 0. The van der Waals surface area contributed by atoms with E-state index in [0.29, 0.717) is 0 Å². The molecule has 2 bridgehead atoms. The van der Waals surface area contributed by atoms with Gasteiger partial charge in [0.2, 0.25) is 5.79 Å². The number of hydrogen-bond acceptors (Lipinski definition) is 4. The first-order valence-electron chi connectivity index (χ1n) is 6.32. The van der Waals surface area contributed by atoms with Gasteiger partial charge in [-0.2, -0.15) is 0 Å². The van der Waals surface area contributed by atoms with Gasteiger partial charge in [0.1, 0.15) is 9.75 Å². The van der Waals surface area contributed by atoms with Crippen molar-refractivity contribution in [3.8, 4) is 0 Å². The molecule has 3 aliphatic carbocycles. The van der Waals surface area contributed by atoms with Crippen LogP contribution in [0.1, 0.15) is 0 Å². The zero-order valence-corrected chi connectivity index (χ0v) is 14.2. The largest absolute Gasteiger partial charge is 0.389 e. The van der Waals surface area contributed by atoms with Gasteiger partial charge >= 0.3 is 0 Å². The molecule has 0 aromatic rings. The van der Waals surface area contributed by atoms with Crippen molar-refractivity contribution in [1.29, 1.82) is 0 Å². The summed E-state index contributed by atoms with van der Waals surface area (Å²) in [5, 5.41) is 20.9. The van der Waals surface area contributed by atoms with Crippen molar-refractivity contribution < 1.29 is 19.7 Å². The Morgan fingerprint density at radius 2 is 1.24 bits per heavy atom. The lowest BCUT2D eigenvalue weighted by Crippen LogP contribution is -2.58. The van der Waals surface area contributed by atoms with Crippen molar-refractivity contribution in [2.24, 2.45) is 11.8 Å². The van der Waals surface area contributed by atoms with Crippen LogP contribution in [0.4, 0.5) is 0 Å². The van der Waals surface area contributed by atoms with Gasteiger partial charge in [0.15, 0.2) is 0 Å². The predicted molar refractivity (Wildman–Crippen MR) is 80.8 cm³/mol. The second-order valence-corrected chi connectivity index (χ2v) is 7.44. The normalized spacial score (nSPS) is 50.7. The minimum Gasteiger partial charge on any atom is -0.389 e. The molecule has 0 saturated heterocycles. The van der Waals surface area contributed by atoms with Gasteiger partial charge in [0.25, 0.3) is 0 Å². The van der Waals surface area contributed by atoms with Crippen LogP contribution < -0.4 is 0 Å². The van der Waals surface area contributed by atoms with Crippen molar-refractivity contribution in [2.45, 2.75) is 27.7 Å². The van der Waals surface area contributed by atoms with Gasteiger partial charge in [0.05, 0.1) is 22.3 Å². The molecular weight excluding hydrogens is 362 g/mol. The van der Waals surface area contributed by atoms with Gasteiger partial charge in [-0.1, -0.05) is 35.4 Å². The molecule has 0 heterocycles. The van der Waals surface area contributed by atoms with E-state index >= 15 is 0 Å². The fraction of sp³-hybridized carbons (Fsp3) is 0.692. The van der Waals surface area contributed by atoms with Crippen molar-refractivity contribution in [2.75, 3.05) is 14.2 Å². The highest BCUT2D eigenvalue weighted by Gasteiger charge is 2.86. The van der Waals surface area contributed by atoms with Crippen molar-refractivity contribution in [3.05, 3.63) is 22.2 Å². The van der Waals surface area contributed by atoms with Crippen LogP contribution in [0.15, 0.2) is 22.2 Å². The molecular formula is C13H14Cl4O4. The third-order valence-electron chi connectivity index (χ3n) is 4.91. The summed E-state index contributed by atoms with van der Waals surface area (Å²) >= 11 is 26.2. The van der Waals surface area contributed by atoms with E-state index in [1.165, 1.54) is 26.4 Å². The lowest BCUT2D eigenvalue weighted by atomic mass is 9.72. The molecule has 0 aliphatic heterocycles. The second-order valence-electron chi connectivity index (χ2n) is 5.49. The lowest BCUT2D eigenvalue weighted by molar-refractivity contribution is -0.222. The van der Waals surface area contributed by atoms with Crippen molar-refractivity contribution in [3.63, 3.8) is 0 Å². The molecule has 1 saturated carbocycles. The predicted octanol–water partition coefficient (Wildman–Crippen LogP) is 2.17. The zero-order valence-electron chi connectivity index (χ0n) is 11.2. The molecule has 0 spiro atoms. The zero-order chi connectivity index (χ0) is 15.8. The Hall–Kier alpha value is 0.480. The lowest BCUT2D eigenvalue weighted by Gasteiger charge is -2.41. The van der Waals surface area contributed by atoms with Gasteiger partial charge in [0, 0.05) is 26.1 Å². The van der Waals surface area contributed by atoms with E-state index in [9.17, 15) is 10.2 Å². The van der Waals surface area contributed by atoms with E-state index in [4.69, 9.17) is 55.9 Å². The van der Waals surface area contributed by atoms with Gasteiger partial charge in [-0.25, -0.2) is 0 Å². The molecule has 0 aromatic heterocycles. The summed E-state index contributed by atoms with van der Waals surface area (Å²) in [6, 6.07) is 0. The molecule has 118 valence electrons. The Kier molecular flexibility index (Phi) is 3.69. The molecule has 6 unspecified atom stereocenters. The summed E-state index contributed by atoms with van der Waals surface area (Å²) in [4.78, 5) is -2.99. The van der Waals surface area contributed by atoms with Crippen molar-refractivity contribution in [1.82, 2.24) is 0 Å². The maximum atomic E-state index is 10.3. The molecule has 0 radical (unpaired) electrons. The van der Waals surface area contributed by atoms with E-state index in [-0.39, 0.29) is 10.1 Å². The number of hydrogen-bond donors (Lipinski definition) is 2. The van der Waals surface area contributed by atoms with E-state index < -0.39 is 39.6 Å².